The minimum Gasteiger partial charge on any atom is -0.314 e. The lowest BCUT2D eigenvalue weighted by atomic mass is 10.3. The highest BCUT2D eigenvalue weighted by Gasteiger charge is 2.08. The zero-order valence-electron chi connectivity index (χ0n) is 23.6. The van der Waals surface area contributed by atoms with E-state index < -0.39 is 0 Å². The fourth-order valence-corrected chi connectivity index (χ4v) is 3.91. The van der Waals surface area contributed by atoms with E-state index in [4.69, 9.17) is 0 Å². The summed E-state index contributed by atoms with van der Waals surface area (Å²) in [7, 11) is 0. The molecule has 1 aliphatic heterocycles. The first-order chi connectivity index (χ1) is 17.8. The molecule has 10 N–H and O–H groups in total. The fraction of sp³-hybridized carbons (Fsp3) is 1.00. The smallest absolute Gasteiger partial charge is 0.0110 e. The van der Waals surface area contributed by atoms with E-state index in [9.17, 15) is 0 Å². The van der Waals surface area contributed by atoms with Crippen molar-refractivity contribution in [3.05, 3.63) is 0 Å². The molecule has 1 rings (SSSR count). The molecule has 216 valence electrons. The average Bonchev–Trinajstić information content (AvgIpc) is 2.87. The van der Waals surface area contributed by atoms with Crippen LogP contribution in [0.4, 0.5) is 0 Å². The van der Waals surface area contributed by atoms with Crippen molar-refractivity contribution in [3.8, 4) is 0 Å². The minimum atomic E-state index is 0.575. The Morgan fingerprint density at radius 3 is 0.639 bits per heavy atom. The Bertz CT molecular complexity index is 395. The van der Waals surface area contributed by atoms with E-state index in [1.165, 1.54) is 0 Å². The van der Waals surface area contributed by atoms with Crippen molar-refractivity contribution in [2.45, 2.75) is 19.9 Å². The number of nitrogens with zero attached hydrogens (tertiary/aromatic N) is 1. The third-order valence-corrected chi connectivity index (χ3v) is 6.19. The Morgan fingerprint density at radius 2 is 0.472 bits per heavy atom. The quantitative estimate of drug-likeness (QED) is 0.172. The summed E-state index contributed by atoms with van der Waals surface area (Å²) in [5.41, 5.74) is 0. The normalized spacial score (nSPS) is 23.8. The van der Waals surface area contributed by atoms with Gasteiger partial charge >= 0.3 is 0 Å². The zero-order valence-corrected chi connectivity index (χ0v) is 23.6. The molecule has 0 aromatic rings. The Labute approximate surface area is 222 Å². The summed E-state index contributed by atoms with van der Waals surface area (Å²) in [6.07, 6.45) is 0. The molecule has 1 heterocycles. The van der Waals surface area contributed by atoms with Crippen LogP contribution >= 0.6 is 0 Å². The van der Waals surface area contributed by atoms with E-state index in [0.29, 0.717) is 6.04 Å². The predicted octanol–water partition coefficient (Wildman–Crippen LogP) is -3.39. The van der Waals surface area contributed by atoms with E-state index in [1.807, 2.05) is 0 Å². The van der Waals surface area contributed by atoms with Crippen LogP contribution in [0.2, 0.25) is 0 Å². The Hall–Kier alpha value is -0.440. The van der Waals surface area contributed by atoms with Gasteiger partial charge in [-0.2, -0.15) is 0 Å². The first kappa shape index (κ1) is 33.6. The molecule has 0 aromatic carbocycles. The van der Waals surface area contributed by atoms with Gasteiger partial charge in [-0.05, 0) is 13.8 Å². The van der Waals surface area contributed by atoms with E-state index in [1.54, 1.807) is 0 Å². The van der Waals surface area contributed by atoms with E-state index in [-0.39, 0.29) is 0 Å². The van der Waals surface area contributed by atoms with Crippen molar-refractivity contribution in [3.63, 3.8) is 0 Å². The lowest BCUT2D eigenvalue weighted by molar-refractivity contribution is 0.222. The van der Waals surface area contributed by atoms with Gasteiger partial charge in [-0.3, -0.25) is 4.90 Å². The summed E-state index contributed by atoms with van der Waals surface area (Å²) in [6, 6.07) is 0.575. The molecule has 36 heavy (non-hydrogen) atoms. The first-order valence-corrected chi connectivity index (χ1v) is 14.6. The van der Waals surface area contributed by atoms with Crippen LogP contribution in [0.15, 0.2) is 0 Å². The number of rotatable bonds is 1. The molecule has 1 saturated heterocycles. The molecule has 0 saturated carbocycles. The predicted molar refractivity (Wildman–Crippen MR) is 155 cm³/mol. The van der Waals surface area contributed by atoms with Crippen molar-refractivity contribution in [1.82, 2.24) is 58.1 Å². The molecule has 1 fully saturated rings. The first-order valence-electron chi connectivity index (χ1n) is 14.6. The topological polar surface area (TPSA) is 124 Å². The maximum atomic E-state index is 3.58. The monoisotopic (exact) mass is 516 g/mol. The second-order valence-electron chi connectivity index (χ2n) is 9.63. The van der Waals surface area contributed by atoms with E-state index in [2.05, 4.69) is 71.9 Å². The van der Waals surface area contributed by atoms with Gasteiger partial charge in [-0.1, -0.05) is 0 Å². The van der Waals surface area contributed by atoms with Crippen LogP contribution in [-0.2, 0) is 0 Å². The van der Waals surface area contributed by atoms with Gasteiger partial charge in [0, 0.05) is 150 Å². The summed E-state index contributed by atoms with van der Waals surface area (Å²) in [6.45, 7) is 27.1. The van der Waals surface area contributed by atoms with E-state index in [0.717, 1.165) is 144 Å². The van der Waals surface area contributed by atoms with Crippen LogP contribution in [0.3, 0.4) is 0 Å². The standard InChI is InChI=1S/C25H61N11/c1-25(2)36-23-21-34-19-17-32-15-13-30-11-9-28-7-5-26-3-4-27-6-8-29-10-12-31-14-16-33-18-20-35-22-24-36/h25-35H,3-24H2,1-2H3. The number of nitrogens with one attached hydrogen (secondary N) is 10. The van der Waals surface area contributed by atoms with Gasteiger partial charge in [0.15, 0.2) is 0 Å². The van der Waals surface area contributed by atoms with Crippen molar-refractivity contribution < 1.29 is 0 Å². The largest absolute Gasteiger partial charge is 0.314 e. The molecule has 1 aliphatic rings. The van der Waals surface area contributed by atoms with Crippen molar-refractivity contribution in [2.75, 3.05) is 144 Å². The molecule has 0 unspecified atom stereocenters. The molecule has 11 nitrogen and oxygen atoms in total. The molecular formula is C25H61N11. The molecule has 0 aromatic heterocycles. The Morgan fingerprint density at radius 1 is 0.306 bits per heavy atom. The summed E-state index contributed by atoms with van der Waals surface area (Å²) < 4.78 is 0. The summed E-state index contributed by atoms with van der Waals surface area (Å²) in [5.74, 6) is 0. The second kappa shape index (κ2) is 27.6. The van der Waals surface area contributed by atoms with Crippen LogP contribution in [0.25, 0.3) is 0 Å². The maximum Gasteiger partial charge on any atom is 0.0110 e. The van der Waals surface area contributed by atoms with Gasteiger partial charge < -0.3 is 53.2 Å². The molecule has 0 aliphatic carbocycles. The Kier molecular flexibility index (Phi) is 25.7. The molecule has 0 spiro atoms. The van der Waals surface area contributed by atoms with Gasteiger partial charge in [0.2, 0.25) is 0 Å². The lowest BCUT2D eigenvalue weighted by Crippen LogP contribution is -2.43. The SMILES string of the molecule is CC(C)N1CCNCCNCCNCCNCCNCCNCCNCCNCCNCCNCC1. The van der Waals surface area contributed by atoms with Gasteiger partial charge in [0.1, 0.15) is 0 Å². The van der Waals surface area contributed by atoms with Crippen LogP contribution < -0.4 is 53.2 Å². The average molecular weight is 516 g/mol. The highest BCUT2D eigenvalue weighted by molar-refractivity contribution is 4.67. The van der Waals surface area contributed by atoms with Crippen LogP contribution in [0, 0.1) is 0 Å². The zero-order chi connectivity index (χ0) is 25.8. The number of hydrogen-bond donors (Lipinski definition) is 10. The molecule has 0 amide bonds. The van der Waals surface area contributed by atoms with Gasteiger partial charge in [-0.15, -0.1) is 0 Å². The molecule has 0 atom stereocenters. The maximum absolute atomic E-state index is 3.58. The van der Waals surface area contributed by atoms with Gasteiger partial charge in [0.05, 0.1) is 0 Å². The fourth-order valence-electron chi connectivity index (χ4n) is 3.91. The lowest BCUT2D eigenvalue weighted by Gasteiger charge is -2.26. The highest BCUT2D eigenvalue weighted by atomic mass is 15.2. The Balaban J connectivity index is 2.15. The number of hydrogen-bond acceptors (Lipinski definition) is 11. The van der Waals surface area contributed by atoms with Gasteiger partial charge in [0.25, 0.3) is 0 Å². The highest BCUT2D eigenvalue weighted by Crippen LogP contribution is 1.95. The molecule has 0 bridgehead atoms. The van der Waals surface area contributed by atoms with Crippen LogP contribution in [0.5, 0.6) is 0 Å². The minimum absolute atomic E-state index is 0.575. The second-order valence-corrected chi connectivity index (χ2v) is 9.63. The van der Waals surface area contributed by atoms with Crippen molar-refractivity contribution in [2.24, 2.45) is 0 Å². The molecule has 0 radical (unpaired) electrons. The summed E-state index contributed by atoms with van der Waals surface area (Å²) >= 11 is 0. The summed E-state index contributed by atoms with van der Waals surface area (Å²) in [4.78, 5) is 2.55. The third kappa shape index (κ3) is 23.9. The van der Waals surface area contributed by atoms with E-state index >= 15 is 0 Å². The van der Waals surface area contributed by atoms with Gasteiger partial charge in [-0.25, -0.2) is 0 Å². The van der Waals surface area contributed by atoms with Crippen molar-refractivity contribution in [1.29, 1.82) is 0 Å². The van der Waals surface area contributed by atoms with Crippen LogP contribution in [-0.4, -0.2) is 155 Å². The third-order valence-electron chi connectivity index (χ3n) is 6.19. The van der Waals surface area contributed by atoms with Crippen LogP contribution in [0.1, 0.15) is 13.8 Å². The van der Waals surface area contributed by atoms with Crippen molar-refractivity contribution >= 4 is 0 Å². The summed E-state index contributed by atoms with van der Waals surface area (Å²) in [5, 5.41) is 35.1. The molecular weight excluding hydrogens is 454 g/mol. The molecule has 11 heteroatoms.